The molecule has 220 valence electrons. The lowest BCUT2D eigenvalue weighted by molar-refractivity contribution is -0.128. The van der Waals surface area contributed by atoms with Crippen LogP contribution in [0, 0.1) is 0 Å². The van der Waals surface area contributed by atoms with Crippen molar-refractivity contribution in [1.29, 1.82) is 0 Å². The highest BCUT2D eigenvalue weighted by atomic mass is 32.1. The van der Waals surface area contributed by atoms with Gasteiger partial charge in [-0.05, 0) is 98.2 Å². The van der Waals surface area contributed by atoms with Crippen LogP contribution in [0.25, 0.3) is 11.4 Å². The summed E-state index contributed by atoms with van der Waals surface area (Å²) in [5, 5.41) is 17.8. The van der Waals surface area contributed by atoms with Gasteiger partial charge in [0.1, 0.15) is 18.3 Å². The average Bonchev–Trinajstić information content (AvgIpc) is 3.68. The second kappa shape index (κ2) is 12.9. The molecule has 2 aromatic heterocycles. The summed E-state index contributed by atoms with van der Waals surface area (Å²) < 4.78 is 5.23. The third-order valence-corrected chi connectivity index (χ3v) is 8.34. The number of nitrogens with one attached hydrogen (secondary N) is 1. The second-order valence-electron chi connectivity index (χ2n) is 11.7. The highest BCUT2D eigenvalue weighted by molar-refractivity contribution is 7.10. The molecule has 5 rings (SSSR count). The van der Waals surface area contributed by atoms with Crippen LogP contribution in [0.4, 0.5) is 5.69 Å². The molecule has 0 radical (unpaired) electrons. The van der Waals surface area contributed by atoms with E-state index in [2.05, 4.69) is 32.9 Å². The van der Waals surface area contributed by atoms with E-state index in [1.165, 1.54) is 53.8 Å². The number of rotatable bonds is 9. The SMILES string of the molecule is COc1ccc(-c2nnn(CC(=O)N(c3ccc(C4CCCCC4)cc3)[C@@H](C(=O)NC(C)(C)C)c3cccs3)n2)cc1. The summed E-state index contributed by atoms with van der Waals surface area (Å²) in [7, 11) is 1.61. The maximum absolute atomic E-state index is 14.1. The van der Waals surface area contributed by atoms with Crippen molar-refractivity contribution in [3.63, 3.8) is 0 Å². The van der Waals surface area contributed by atoms with Crippen molar-refractivity contribution in [3.05, 3.63) is 76.5 Å². The molecule has 0 saturated heterocycles. The monoisotopic (exact) mass is 586 g/mol. The predicted molar refractivity (Wildman–Crippen MR) is 165 cm³/mol. The smallest absolute Gasteiger partial charge is 0.251 e. The number of carbonyl (C=O) groups is 2. The number of tetrazole rings is 1. The number of amides is 2. The summed E-state index contributed by atoms with van der Waals surface area (Å²) in [6, 6.07) is 18.4. The maximum atomic E-state index is 14.1. The number of hydrogen-bond donors (Lipinski definition) is 1. The van der Waals surface area contributed by atoms with Crippen LogP contribution in [0.1, 0.15) is 75.3 Å². The zero-order valence-corrected chi connectivity index (χ0v) is 25.4. The molecule has 0 unspecified atom stereocenters. The summed E-state index contributed by atoms with van der Waals surface area (Å²) in [5.74, 6) is 1.08. The van der Waals surface area contributed by atoms with E-state index in [0.717, 1.165) is 16.2 Å². The topological polar surface area (TPSA) is 102 Å². The first-order chi connectivity index (χ1) is 20.2. The number of benzene rings is 2. The van der Waals surface area contributed by atoms with Crippen molar-refractivity contribution in [3.8, 4) is 17.1 Å². The molecule has 9 nitrogen and oxygen atoms in total. The molecular weight excluding hydrogens is 548 g/mol. The van der Waals surface area contributed by atoms with Crippen LogP contribution in [0.3, 0.4) is 0 Å². The third-order valence-electron chi connectivity index (χ3n) is 7.41. The Labute approximate surface area is 250 Å². The van der Waals surface area contributed by atoms with E-state index >= 15 is 0 Å². The van der Waals surface area contributed by atoms with Crippen LogP contribution in [0.5, 0.6) is 5.75 Å². The number of hydrogen-bond acceptors (Lipinski definition) is 7. The quantitative estimate of drug-likeness (QED) is 0.253. The van der Waals surface area contributed by atoms with Gasteiger partial charge >= 0.3 is 0 Å². The molecule has 1 saturated carbocycles. The Bertz CT molecular complexity index is 1470. The molecule has 1 N–H and O–H groups in total. The minimum atomic E-state index is -0.859. The highest BCUT2D eigenvalue weighted by Crippen LogP contribution is 2.36. The molecule has 0 bridgehead atoms. The van der Waals surface area contributed by atoms with E-state index in [4.69, 9.17) is 4.74 Å². The standard InChI is InChI=1S/C32H38N6O3S/c1-32(2,3)33-31(40)29(27-11-8-20-42-27)38(25-16-12-23(13-17-25)22-9-6-5-7-10-22)28(39)21-37-35-30(34-36-37)24-14-18-26(41-4)19-15-24/h8,11-20,22,29H,5-7,9-10,21H2,1-4H3,(H,33,40)/t29-/m1/s1. The number of aromatic nitrogens is 4. The molecule has 1 aliphatic carbocycles. The largest absolute Gasteiger partial charge is 0.497 e. The summed E-state index contributed by atoms with van der Waals surface area (Å²) in [6.45, 7) is 5.61. The summed E-state index contributed by atoms with van der Waals surface area (Å²) in [6.07, 6.45) is 6.14. The van der Waals surface area contributed by atoms with Crippen molar-refractivity contribution in [2.75, 3.05) is 12.0 Å². The van der Waals surface area contributed by atoms with Crippen molar-refractivity contribution in [2.24, 2.45) is 0 Å². The minimum Gasteiger partial charge on any atom is -0.497 e. The molecule has 2 heterocycles. The molecule has 1 aliphatic rings. The summed E-state index contributed by atoms with van der Waals surface area (Å²) in [4.78, 5) is 31.6. The van der Waals surface area contributed by atoms with Gasteiger partial charge in [0.25, 0.3) is 5.91 Å². The van der Waals surface area contributed by atoms with Gasteiger partial charge in [-0.15, -0.1) is 21.5 Å². The van der Waals surface area contributed by atoms with Gasteiger partial charge in [-0.25, -0.2) is 0 Å². The Kier molecular flexibility index (Phi) is 9.01. The van der Waals surface area contributed by atoms with Gasteiger partial charge in [0.15, 0.2) is 0 Å². The van der Waals surface area contributed by atoms with Gasteiger partial charge in [-0.1, -0.05) is 37.5 Å². The Balaban J connectivity index is 1.47. The van der Waals surface area contributed by atoms with E-state index in [1.807, 2.05) is 74.7 Å². The Hall–Kier alpha value is -4.05. The molecule has 1 atom stereocenters. The zero-order chi connectivity index (χ0) is 29.7. The molecule has 10 heteroatoms. The van der Waals surface area contributed by atoms with Gasteiger partial charge in [0.05, 0.1) is 7.11 Å². The average molecular weight is 587 g/mol. The highest BCUT2D eigenvalue weighted by Gasteiger charge is 2.35. The maximum Gasteiger partial charge on any atom is 0.251 e. The lowest BCUT2D eigenvalue weighted by Gasteiger charge is -2.33. The van der Waals surface area contributed by atoms with Gasteiger partial charge < -0.3 is 10.1 Å². The molecular formula is C32H38N6O3S. The lowest BCUT2D eigenvalue weighted by atomic mass is 9.84. The molecule has 1 fully saturated rings. The Morgan fingerprint density at radius 1 is 1.05 bits per heavy atom. The van der Waals surface area contributed by atoms with Gasteiger partial charge in [0, 0.05) is 21.7 Å². The molecule has 0 spiro atoms. The zero-order valence-electron chi connectivity index (χ0n) is 24.6. The van der Waals surface area contributed by atoms with Gasteiger partial charge in [0.2, 0.25) is 11.7 Å². The fourth-order valence-corrected chi connectivity index (χ4v) is 6.21. The number of anilines is 1. The van der Waals surface area contributed by atoms with E-state index in [0.29, 0.717) is 17.4 Å². The number of ether oxygens (including phenoxy) is 1. The molecule has 4 aromatic rings. The summed E-state index contributed by atoms with van der Waals surface area (Å²) >= 11 is 1.45. The molecule has 2 amide bonds. The first-order valence-electron chi connectivity index (χ1n) is 14.4. The van der Waals surface area contributed by atoms with Crippen LogP contribution in [-0.4, -0.2) is 44.7 Å². The molecule has 2 aromatic carbocycles. The third kappa shape index (κ3) is 7.05. The van der Waals surface area contributed by atoms with E-state index in [9.17, 15) is 9.59 Å². The second-order valence-corrected chi connectivity index (χ2v) is 12.7. The van der Waals surface area contributed by atoms with E-state index in [1.54, 1.807) is 12.0 Å². The Morgan fingerprint density at radius 3 is 2.38 bits per heavy atom. The van der Waals surface area contributed by atoms with Crippen molar-refractivity contribution in [2.45, 2.75) is 76.9 Å². The van der Waals surface area contributed by atoms with Crippen LogP contribution in [-0.2, 0) is 16.1 Å². The van der Waals surface area contributed by atoms with Crippen molar-refractivity contribution in [1.82, 2.24) is 25.5 Å². The van der Waals surface area contributed by atoms with Crippen LogP contribution in [0.2, 0.25) is 0 Å². The van der Waals surface area contributed by atoms with Crippen molar-refractivity contribution >= 4 is 28.8 Å². The van der Waals surface area contributed by atoms with E-state index < -0.39 is 11.6 Å². The number of methoxy groups -OCH3 is 1. The van der Waals surface area contributed by atoms with Crippen LogP contribution < -0.4 is 15.0 Å². The number of thiophene rings is 1. The lowest BCUT2D eigenvalue weighted by Crippen LogP contribution is -2.50. The van der Waals surface area contributed by atoms with E-state index in [-0.39, 0.29) is 18.4 Å². The van der Waals surface area contributed by atoms with Gasteiger partial charge in [-0.2, -0.15) is 4.80 Å². The number of carbonyl (C=O) groups excluding carboxylic acids is 2. The molecule has 0 aliphatic heterocycles. The summed E-state index contributed by atoms with van der Waals surface area (Å²) in [5.41, 5.74) is 2.20. The Morgan fingerprint density at radius 2 is 1.76 bits per heavy atom. The normalized spacial score (nSPS) is 14.8. The van der Waals surface area contributed by atoms with Crippen LogP contribution in [0.15, 0.2) is 66.0 Å². The predicted octanol–water partition coefficient (Wildman–Crippen LogP) is 6.15. The first kappa shape index (κ1) is 29.4. The fourth-order valence-electron chi connectivity index (χ4n) is 5.40. The van der Waals surface area contributed by atoms with Crippen molar-refractivity contribution < 1.29 is 14.3 Å². The van der Waals surface area contributed by atoms with Gasteiger partial charge in [-0.3, -0.25) is 14.5 Å². The minimum absolute atomic E-state index is 0.182. The number of nitrogens with zero attached hydrogens (tertiary/aromatic N) is 5. The first-order valence-corrected chi connectivity index (χ1v) is 15.3. The fraction of sp³-hybridized carbons (Fsp3) is 0.406. The van der Waals surface area contributed by atoms with Crippen LogP contribution >= 0.6 is 11.3 Å². The molecule has 42 heavy (non-hydrogen) atoms.